The Balaban J connectivity index is 2.41. The Morgan fingerprint density at radius 2 is 1.78 bits per heavy atom. The molecule has 1 rings (SSSR count). The molecule has 0 aliphatic carbocycles. The molecule has 0 aromatic heterocycles. The lowest BCUT2D eigenvalue weighted by molar-refractivity contribution is -0.118. The fraction of sp³-hybridized carbons (Fsp3) is 0.385. The highest BCUT2D eigenvalue weighted by Crippen LogP contribution is 2.09. The Bertz CT molecular complexity index is 447. The Kier molecular flexibility index (Phi) is 5.65. The van der Waals surface area contributed by atoms with E-state index in [9.17, 15) is 9.59 Å². The molecule has 1 aromatic carbocycles. The molecule has 0 heterocycles. The van der Waals surface area contributed by atoms with Crippen molar-refractivity contribution in [1.82, 2.24) is 10.6 Å². The van der Waals surface area contributed by atoms with Gasteiger partial charge in [0.25, 0.3) is 5.91 Å². The molecule has 1 aromatic rings. The van der Waals surface area contributed by atoms with Gasteiger partial charge >= 0.3 is 0 Å². The molecule has 0 unspecified atom stereocenters. The lowest BCUT2D eigenvalue weighted by Gasteiger charge is -2.07. The molecule has 2 N–H and O–H groups in total. The highest BCUT2D eigenvalue weighted by atomic mass is 35.5. The fourth-order valence-corrected chi connectivity index (χ4v) is 1.50. The first-order chi connectivity index (χ1) is 8.54. The smallest absolute Gasteiger partial charge is 0.251 e. The van der Waals surface area contributed by atoms with Crippen molar-refractivity contribution in [3.8, 4) is 0 Å². The number of hydrogen-bond donors (Lipinski definition) is 2. The van der Waals surface area contributed by atoms with Gasteiger partial charge in [-0.1, -0.05) is 6.07 Å². The highest BCUT2D eigenvalue weighted by Gasteiger charge is 2.06. The summed E-state index contributed by atoms with van der Waals surface area (Å²) >= 11 is 5.32. The van der Waals surface area contributed by atoms with Gasteiger partial charge in [-0.25, -0.2) is 0 Å². The van der Waals surface area contributed by atoms with Gasteiger partial charge in [-0.05, 0) is 37.1 Å². The largest absolute Gasteiger partial charge is 0.353 e. The summed E-state index contributed by atoms with van der Waals surface area (Å²) in [7, 11) is 0. The molecule has 0 aliphatic heterocycles. The Labute approximate surface area is 112 Å². The van der Waals surface area contributed by atoms with Crippen LogP contribution < -0.4 is 10.6 Å². The zero-order chi connectivity index (χ0) is 13.5. The second-order valence-electron chi connectivity index (χ2n) is 4.04. The molecule has 0 saturated heterocycles. The number of amides is 2. The van der Waals surface area contributed by atoms with Crippen LogP contribution >= 0.6 is 11.6 Å². The van der Waals surface area contributed by atoms with Gasteiger partial charge in [-0.15, -0.1) is 11.6 Å². The predicted octanol–water partition coefficient (Wildman–Crippen LogP) is 1.39. The van der Waals surface area contributed by atoms with E-state index in [0.717, 1.165) is 11.1 Å². The summed E-state index contributed by atoms with van der Waals surface area (Å²) < 4.78 is 0. The molecule has 0 radical (unpaired) electrons. The lowest BCUT2D eigenvalue weighted by Crippen LogP contribution is -2.35. The molecule has 0 spiro atoms. The van der Waals surface area contributed by atoms with E-state index >= 15 is 0 Å². The average Bonchev–Trinajstić information content (AvgIpc) is 2.37. The number of nitrogens with one attached hydrogen (secondary N) is 2. The lowest BCUT2D eigenvalue weighted by atomic mass is 10.1. The number of aryl methyl sites for hydroxylation is 2. The molecular weight excluding hydrogens is 252 g/mol. The molecule has 2 amide bonds. The van der Waals surface area contributed by atoms with Crippen LogP contribution in [0.1, 0.15) is 21.5 Å². The van der Waals surface area contributed by atoms with E-state index in [4.69, 9.17) is 11.6 Å². The predicted molar refractivity (Wildman–Crippen MR) is 72.0 cm³/mol. The number of hydrogen-bond acceptors (Lipinski definition) is 2. The van der Waals surface area contributed by atoms with Crippen LogP contribution in [0, 0.1) is 13.8 Å². The van der Waals surface area contributed by atoms with Crippen molar-refractivity contribution in [3.63, 3.8) is 0 Å². The molecule has 0 saturated carbocycles. The molecule has 4 nitrogen and oxygen atoms in total. The zero-order valence-electron chi connectivity index (χ0n) is 10.5. The summed E-state index contributed by atoms with van der Waals surface area (Å²) in [6.45, 7) is 4.72. The van der Waals surface area contributed by atoms with Crippen molar-refractivity contribution >= 4 is 23.4 Å². The van der Waals surface area contributed by atoms with Crippen LogP contribution in [0.15, 0.2) is 18.2 Å². The molecule has 0 atom stereocenters. The molecule has 0 bridgehead atoms. The summed E-state index contributed by atoms with van der Waals surface area (Å²) in [6, 6.07) is 5.55. The van der Waals surface area contributed by atoms with Crippen LogP contribution in [0.25, 0.3) is 0 Å². The van der Waals surface area contributed by atoms with Crippen LogP contribution in [-0.4, -0.2) is 30.8 Å². The minimum absolute atomic E-state index is 0.0644. The summed E-state index contributed by atoms with van der Waals surface area (Å²) in [4.78, 5) is 22.6. The molecule has 18 heavy (non-hydrogen) atoms. The number of alkyl halides is 1. The van der Waals surface area contributed by atoms with E-state index in [1.807, 2.05) is 26.0 Å². The van der Waals surface area contributed by atoms with Crippen LogP contribution in [0.2, 0.25) is 0 Å². The van der Waals surface area contributed by atoms with Gasteiger partial charge in [0.15, 0.2) is 0 Å². The van der Waals surface area contributed by atoms with Gasteiger partial charge in [-0.3, -0.25) is 9.59 Å². The van der Waals surface area contributed by atoms with E-state index in [1.54, 1.807) is 6.07 Å². The normalized spacial score (nSPS) is 9.94. The van der Waals surface area contributed by atoms with Crippen molar-refractivity contribution in [2.24, 2.45) is 0 Å². The number of carbonyl (C=O) groups excluding carboxylic acids is 2. The van der Waals surface area contributed by atoms with E-state index in [-0.39, 0.29) is 17.7 Å². The summed E-state index contributed by atoms with van der Waals surface area (Å²) in [5.74, 6) is -0.444. The molecule has 5 heteroatoms. The average molecular weight is 269 g/mol. The number of rotatable bonds is 5. The van der Waals surface area contributed by atoms with Crippen LogP contribution in [0.5, 0.6) is 0 Å². The first-order valence-corrected chi connectivity index (χ1v) is 6.26. The first-order valence-electron chi connectivity index (χ1n) is 5.72. The van der Waals surface area contributed by atoms with E-state index in [0.29, 0.717) is 18.7 Å². The quantitative estimate of drug-likeness (QED) is 0.626. The summed E-state index contributed by atoms with van der Waals surface area (Å²) in [6.07, 6.45) is 0. The highest BCUT2D eigenvalue weighted by molar-refractivity contribution is 6.27. The van der Waals surface area contributed by atoms with Crippen LogP contribution in [0.4, 0.5) is 0 Å². The Hall–Kier alpha value is -1.55. The van der Waals surface area contributed by atoms with Gasteiger partial charge in [0.05, 0.1) is 0 Å². The fourth-order valence-electron chi connectivity index (χ4n) is 1.41. The van der Waals surface area contributed by atoms with E-state index < -0.39 is 0 Å². The molecule has 0 aliphatic rings. The molecule has 98 valence electrons. The van der Waals surface area contributed by atoms with Crippen LogP contribution in [-0.2, 0) is 4.79 Å². The molecule has 0 fully saturated rings. The van der Waals surface area contributed by atoms with Crippen molar-refractivity contribution in [1.29, 1.82) is 0 Å². The maximum Gasteiger partial charge on any atom is 0.251 e. The maximum atomic E-state index is 11.8. The van der Waals surface area contributed by atoms with Crippen LogP contribution in [0.3, 0.4) is 0 Å². The van der Waals surface area contributed by atoms with E-state index in [1.165, 1.54) is 0 Å². The number of halogens is 1. The summed E-state index contributed by atoms with van der Waals surface area (Å²) in [5.41, 5.74) is 2.86. The first kappa shape index (κ1) is 14.5. The third-order valence-corrected chi connectivity index (χ3v) is 2.87. The second kappa shape index (κ2) is 7.01. The minimum atomic E-state index is -0.239. The minimum Gasteiger partial charge on any atom is -0.353 e. The van der Waals surface area contributed by atoms with Gasteiger partial charge in [0.1, 0.15) is 5.88 Å². The third kappa shape index (κ3) is 4.37. The van der Waals surface area contributed by atoms with Gasteiger partial charge in [0.2, 0.25) is 5.91 Å². The topological polar surface area (TPSA) is 58.2 Å². The zero-order valence-corrected chi connectivity index (χ0v) is 11.3. The van der Waals surface area contributed by atoms with E-state index in [2.05, 4.69) is 10.6 Å². The van der Waals surface area contributed by atoms with Gasteiger partial charge < -0.3 is 10.6 Å². The van der Waals surface area contributed by atoms with Crippen molar-refractivity contribution in [2.45, 2.75) is 13.8 Å². The SMILES string of the molecule is Cc1ccc(C(=O)NCCNC(=O)CCl)cc1C. The van der Waals surface area contributed by atoms with Crippen molar-refractivity contribution in [2.75, 3.05) is 19.0 Å². The Morgan fingerprint density at radius 3 is 2.39 bits per heavy atom. The second-order valence-corrected chi connectivity index (χ2v) is 4.31. The third-order valence-electron chi connectivity index (χ3n) is 2.62. The maximum absolute atomic E-state index is 11.8. The Morgan fingerprint density at radius 1 is 1.11 bits per heavy atom. The molecular formula is C13H17ClN2O2. The number of carbonyl (C=O) groups is 2. The summed E-state index contributed by atoms with van der Waals surface area (Å²) in [5, 5.41) is 5.30. The van der Waals surface area contributed by atoms with Gasteiger partial charge in [-0.2, -0.15) is 0 Å². The number of benzene rings is 1. The van der Waals surface area contributed by atoms with Gasteiger partial charge in [0, 0.05) is 18.7 Å². The van der Waals surface area contributed by atoms with Crippen molar-refractivity contribution in [3.05, 3.63) is 34.9 Å². The monoisotopic (exact) mass is 268 g/mol. The standard InChI is InChI=1S/C13H17ClN2O2/c1-9-3-4-11(7-10(9)2)13(18)16-6-5-15-12(17)8-14/h3-4,7H,5-6,8H2,1-2H3,(H,15,17)(H,16,18). The van der Waals surface area contributed by atoms with Crippen molar-refractivity contribution < 1.29 is 9.59 Å².